The Bertz CT molecular complexity index is 759. The van der Waals surface area contributed by atoms with Crippen LogP contribution in [0.4, 0.5) is 0 Å². The molecule has 0 radical (unpaired) electrons. The van der Waals surface area contributed by atoms with Crippen molar-refractivity contribution in [3.63, 3.8) is 0 Å². The minimum Gasteiger partial charge on any atom is -0.463 e. The molecule has 0 saturated carbocycles. The van der Waals surface area contributed by atoms with Crippen molar-refractivity contribution in [1.82, 2.24) is 0 Å². The van der Waals surface area contributed by atoms with Crippen LogP contribution in [0.5, 0.6) is 0 Å². The molecule has 2 aromatic carbocycles. The van der Waals surface area contributed by atoms with E-state index in [1.54, 1.807) is 13.0 Å². The Labute approximate surface area is 172 Å². The van der Waals surface area contributed by atoms with E-state index >= 15 is 0 Å². The molecule has 1 aliphatic heterocycles. The van der Waals surface area contributed by atoms with Gasteiger partial charge in [-0.15, -0.1) is 0 Å². The van der Waals surface area contributed by atoms with Crippen molar-refractivity contribution in [2.24, 2.45) is 0 Å². The molecule has 5 nitrogen and oxygen atoms in total. The lowest BCUT2D eigenvalue weighted by Gasteiger charge is -2.19. The smallest absolute Gasteiger partial charge is 0.330 e. The maximum atomic E-state index is 11.6. The van der Waals surface area contributed by atoms with Crippen LogP contribution in [0.3, 0.4) is 0 Å². The van der Waals surface area contributed by atoms with Crippen LogP contribution < -0.4 is 0 Å². The van der Waals surface area contributed by atoms with Gasteiger partial charge in [-0.2, -0.15) is 0 Å². The third-order valence-electron chi connectivity index (χ3n) is 4.66. The molecule has 3 atom stereocenters. The van der Waals surface area contributed by atoms with E-state index in [-0.39, 0.29) is 24.3 Å². The average molecular weight is 396 g/mol. The molecule has 1 saturated heterocycles. The first-order valence-electron chi connectivity index (χ1n) is 10.0. The largest absolute Gasteiger partial charge is 0.463 e. The topological polar surface area (TPSA) is 54.0 Å². The highest BCUT2D eigenvalue weighted by atomic mass is 16.6. The van der Waals surface area contributed by atoms with Gasteiger partial charge >= 0.3 is 5.97 Å². The fraction of sp³-hybridized carbons (Fsp3) is 0.375. The third-order valence-corrected chi connectivity index (χ3v) is 4.66. The second kappa shape index (κ2) is 11.5. The minimum atomic E-state index is -0.360. The summed E-state index contributed by atoms with van der Waals surface area (Å²) >= 11 is 0. The molecule has 0 aromatic heterocycles. The highest BCUT2D eigenvalue weighted by Gasteiger charge is 2.35. The summed E-state index contributed by atoms with van der Waals surface area (Å²) < 4.78 is 23.0. The summed E-state index contributed by atoms with van der Waals surface area (Å²) in [5.41, 5.74) is 2.23. The van der Waals surface area contributed by atoms with Crippen molar-refractivity contribution in [3.05, 3.63) is 83.9 Å². The highest BCUT2D eigenvalue weighted by molar-refractivity contribution is 5.81. The van der Waals surface area contributed by atoms with Gasteiger partial charge in [0.2, 0.25) is 0 Å². The Hall–Kier alpha value is -2.47. The summed E-state index contributed by atoms with van der Waals surface area (Å²) in [4.78, 5) is 11.6. The predicted octanol–water partition coefficient (Wildman–Crippen LogP) is 4.07. The number of carbonyl (C=O) groups excluding carboxylic acids is 1. The number of carbonyl (C=O) groups is 1. The third kappa shape index (κ3) is 7.13. The minimum absolute atomic E-state index is 0.108. The van der Waals surface area contributed by atoms with Crippen molar-refractivity contribution >= 4 is 5.97 Å². The van der Waals surface area contributed by atoms with Gasteiger partial charge in [-0.25, -0.2) is 4.79 Å². The van der Waals surface area contributed by atoms with Gasteiger partial charge < -0.3 is 18.9 Å². The van der Waals surface area contributed by atoms with Crippen molar-refractivity contribution in [1.29, 1.82) is 0 Å². The molecule has 2 aromatic rings. The van der Waals surface area contributed by atoms with E-state index in [2.05, 4.69) is 0 Å². The second-order valence-corrected chi connectivity index (χ2v) is 6.90. The lowest BCUT2D eigenvalue weighted by Crippen LogP contribution is -2.29. The number of esters is 1. The maximum absolute atomic E-state index is 11.6. The van der Waals surface area contributed by atoms with Crippen LogP contribution in [0.25, 0.3) is 0 Å². The Morgan fingerprint density at radius 2 is 1.69 bits per heavy atom. The zero-order chi connectivity index (χ0) is 20.3. The van der Waals surface area contributed by atoms with Gasteiger partial charge in [-0.05, 0) is 24.1 Å². The molecule has 3 rings (SSSR count). The first-order valence-corrected chi connectivity index (χ1v) is 10.0. The number of hydrogen-bond donors (Lipinski definition) is 0. The molecule has 0 amide bonds. The average Bonchev–Trinajstić information content (AvgIpc) is 3.14. The van der Waals surface area contributed by atoms with Crippen molar-refractivity contribution < 1.29 is 23.7 Å². The zero-order valence-electron chi connectivity index (χ0n) is 16.7. The Morgan fingerprint density at radius 1 is 1.03 bits per heavy atom. The van der Waals surface area contributed by atoms with Crippen molar-refractivity contribution in [3.8, 4) is 0 Å². The first-order chi connectivity index (χ1) is 14.2. The lowest BCUT2D eigenvalue weighted by molar-refractivity contribution is -0.137. The normalized spacial score (nSPS) is 21.5. The van der Waals surface area contributed by atoms with E-state index in [1.165, 1.54) is 6.08 Å². The van der Waals surface area contributed by atoms with E-state index in [9.17, 15) is 4.79 Å². The molecule has 1 fully saturated rings. The van der Waals surface area contributed by atoms with E-state index < -0.39 is 0 Å². The van der Waals surface area contributed by atoms with Gasteiger partial charge in [-0.1, -0.05) is 60.7 Å². The number of rotatable bonds is 10. The summed E-state index contributed by atoms with van der Waals surface area (Å²) in [7, 11) is 0. The SMILES string of the molecule is CCOC(=O)/C=C/C1C[C@H](OCc2ccccc2)[C@@H](COCc2ccccc2)O1. The second-order valence-electron chi connectivity index (χ2n) is 6.90. The summed E-state index contributed by atoms with van der Waals surface area (Å²) in [6, 6.07) is 20.1. The Morgan fingerprint density at radius 3 is 2.34 bits per heavy atom. The van der Waals surface area contributed by atoms with Crippen LogP contribution in [0.1, 0.15) is 24.5 Å². The van der Waals surface area contributed by atoms with Crippen LogP contribution in [0, 0.1) is 0 Å². The molecule has 1 aliphatic rings. The molecule has 5 heteroatoms. The lowest BCUT2D eigenvalue weighted by atomic mass is 10.1. The van der Waals surface area contributed by atoms with Crippen molar-refractivity contribution in [2.45, 2.75) is 44.9 Å². The molecule has 0 N–H and O–H groups in total. The highest BCUT2D eigenvalue weighted by Crippen LogP contribution is 2.26. The van der Waals surface area contributed by atoms with Crippen LogP contribution in [-0.2, 0) is 37.0 Å². The number of hydrogen-bond acceptors (Lipinski definition) is 5. The molecular weight excluding hydrogens is 368 g/mol. The summed E-state index contributed by atoms with van der Waals surface area (Å²) in [5.74, 6) is -0.360. The first kappa shape index (κ1) is 21.2. The van der Waals surface area contributed by atoms with Gasteiger partial charge in [-0.3, -0.25) is 0 Å². The number of benzene rings is 2. The number of ether oxygens (including phenoxy) is 4. The molecule has 154 valence electrons. The molecule has 1 unspecified atom stereocenters. The van der Waals surface area contributed by atoms with Gasteiger partial charge in [0.25, 0.3) is 0 Å². The van der Waals surface area contributed by atoms with Crippen LogP contribution in [0.15, 0.2) is 72.8 Å². The van der Waals surface area contributed by atoms with E-state index in [1.807, 2.05) is 60.7 Å². The molecule has 0 spiro atoms. The molecule has 29 heavy (non-hydrogen) atoms. The van der Waals surface area contributed by atoms with Gasteiger partial charge in [0.1, 0.15) is 6.10 Å². The molecule has 0 aliphatic carbocycles. The van der Waals surface area contributed by atoms with Crippen LogP contribution >= 0.6 is 0 Å². The van der Waals surface area contributed by atoms with Gasteiger partial charge in [0.15, 0.2) is 0 Å². The monoisotopic (exact) mass is 396 g/mol. The van der Waals surface area contributed by atoms with Gasteiger partial charge in [0.05, 0.1) is 38.6 Å². The standard InChI is InChI=1S/C24H28O5/c1-2-27-24(25)14-13-21-15-22(28-17-20-11-7-4-8-12-20)23(29-21)18-26-16-19-9-5-3-6-10-19/h3-14,21-23H,2,15-18H2,1H3/b14-13+/t21?,22-,23+/m0/s1. The quantitative estimate of drug-likeness (QED) is 0.448. The zero-order valence-corrected chi connectivity index (χ0v) is 16.7. The molecule has 0 bridgehead atoms. The fourth-order valence-corrected chi connectivity index (χ4v) is 3.22. The van der Waals surface area contributed by atoms with E-state index in [0.29, 0.717) is 32.8 Å². The van der Waals surface area contributed by atoms with Crippen LogP contribution in [0.2, 0.25) is 0 Å². The maximum Gasteiger partial charge on any atom is 0.330 e. The molecule has 1 heterocycles. The van der Waals surface area contributed by atoms with E-state index in [0.717, 1.165) is 11.1 Å². The Balaban J connectivity index is 1.55. The fourth-order valence-electron chi connectivity index (χ4n) is 3.22. The van der Waals surface area contributed by atoms with Crippen LogP contribution in [-0.4, -0.2) is 37.5 Å². The Kier molecular flexibility index (Phi) is 8.43. The summed E-state index contributed by atoms with van der Waals surface area (Å²) in [5, 5.41) is 0. The van der Waals surface area contributed by atoms with Gasteiger partial charge in [0, 0.05) is 12.5 Å². The molecular formula is C24H28O5. The van der Waals surface area contributed by atoms with Crippen molar-refractivity contribution in [2.75, 3.05) is 13.2 Å². The predicted molar refractivity (Wildman–Crippen MR) is 110 cm³/mol. The van der Waals surface area contributed by atoms with E-state index in [4.69, 9.17) is 18.9 Å². The summed E-state index contributed by atoms with van der Waals surface area (Å²) in [6.07, 6.45) is 3.33. The summed E-state index contributed by atoms with van der Waals surface area (Å²) in [6.45, 7) is 3.60.